The summed E-state index contributed by atoms with van der Waals surface area (Å²) in [4.78, 5) is 16.5. The Bertz CT molecular complexity index is 728. The average molecular weight is 344 g/mol. The molecule has 2 aromatic rings. The molecule has 5 heteroatoms. The molecule has 0 spiro atoms. The van der Waals surface area contributed by atoms with Gasteiger partial charge in [-0.05, 0) is 37.1 Å². The van der Waals surface area contributed by atoms with Crippen LogP contribution in [-0.4, -0.2) is 47.9 Å². The van der Waals surface area contributed by atoms with E-state index in [1.54, 1.807) is 4.90 Å². The minimum Gasteiger partial charge on any atom is -0.336 e. The average Bonchev–Trinajstić information content (AvgIpc) is 2.64. The van der Waals surface area contributed by atoms with Crippen molar-refractivity contribution in [1.29, 1.82) is 0 Å². The summed E-state index contributed by atoms with van der Waals surface area (Å²) in [5.74, 6) is -2.16. The van der Waals surface area contributed by atoms with Crippen molar-refractivity contribution in [2.45, 2.75) is 19.4 Å². The summed E-state index contributed by atoms with van der Waals surface area (Å²) < 4.78 is 26.3. The van der Waals surface area contributed by atoms with Gasteiger partial charge in [0.15, 0.2) is 11.6 Å². The van der Waals surface area contributed by atoms with Crippen molar-refractivity contribution in [3.63, 3.8) is 0 Å². The fourth-order valence-corrected chi connectivity index (χ4v) is 3.26. The fraction of sp³-hybridized carbons (Fsp3) is 0.350. The number of carbonyl (C=O) groups is 1. The molecule has 1 atom stereocenters. The van der Waals surface area contributed by atoms with E-state index in [0.717, 1.165) is 31.6 Å². The Morgan fingerprint density at radius 3 is 2.32 bits per heavy atom. The predicted octanol–water partition coefficient (Wildman–Crippen LogP) is 3.35. The third kappa shape index (κ3) is 4.23. The number of hydrogen-bond acceptors (Lipinski definition) is 2. The molecule has 1 unspecified atom stereocenters. The maximum atomic E-state index is 13.3. The van der Waals surface area contributed by atoms with Gasteiger partial charge in [0.2, 0.25) is 0 Å². The minimum absolute atomic E-state index is 0.199. The summed E-state index contributed by atoms with van der Waals surface area (Å²) >= 11 is 0. The quantitative estimate of drug-likeness (QED) is 0.849. The van der Waals surface area contributed by atoms with Crippen LogP contribution in [0.5, 0.6) is 0 Å². The van der Waals surface area contributed by atoms with Crippen LogP contribution in [0.25, 0.3) is 0 Å². The van der Waals surface area contributed by atoms with Crippen LogP contribution < -0.4 is 0 Å². The summed E-state index contributed by atoms with van der Waals surface area (Å²) in [6.45, 7) is 4.95. The predicted molar refractivity (Wildman–Crippen MR) is 93.4 cm³/mol. The van der Waals surface area contributed by atoms with Crippen molar-refractivity contribution in [2.24, 2.45) is 0 Å². The number of halogens is 2. The lowest BCUT2D eigenvalue weighted by Crippen LogP contribution is -2.51. The van der Waals surface area contributed by atoms with Crippen LogP contribution >= 0.6 is 0 Å². The SMILES string of the molecule is CC(Cc1ccccc1)N1CCN(C(=O)c2ccc(F)c(F)c2)CC1. The van der Waals surface area contributed by atoms with Gasteiger partial charge in [0.25, 0.3) is 5.91 Å². The van der Waals surface area contributed by atoms with Gasteiger partial charge in [-0.15, -0.1) is 0 Å². The zero-order valence-electron chi connectivity index (χ0n) is 14.3. The van der Waals surface area contributed by atoms with E-state index in [-0.39, 0.29) is 11.5 Å². The molecule has 1 aliphatic rings. The Hall–Kier alpha value is -2.27. The van der Waals surface area contributed by atoms with Crippen LogP contribution in [0, 0.1) is 11.6 Å². The van der Waals surface area contributed by atoms with Gasteiger partial charge >= 0.3 is 0 Å². The van der Waals surface area contributed by atoms with Crippen molar-refractivity contribution >= 4 is 5.91 Å². The van der Waals surface area contributed by atoms with Crippen molar-refractivity contribution in [2.75, 3.05) is 26.2 Å². The normalized spacial score (nSPS) is 16.7. The second-order valence-electron chi connectivity index (χ2n) is 6.50. The van der Waals surface area contributed by atoms with E-state index in [1.807, 2.05) is 18.2 Å². The number of piperazine rings is 1. The van der Waals surface area contributed by atoms with E-state index in [4.69, 9.17) is 0 Å². The lowest BCUT2D eigenvalue weighted by Gasteiger charge is -2.38. The van der Waals surface area contributed by atoms with Gasteiger partial charge in [0.1, 0.15) is 0 Å². The first-order valence-corrected chi connectivity index (χ1v) is 8.57. The molecule has 1 fully saturated rings. The first-order chi connectivity index (χ1) is 12.0. The van der Waals surface area contributed by atoms with E-state index < -0.39 is 11.6 Å². The number of rotatable bonds is 4. The third-order valence-corrected chi connectivity index (χ3v) is 4.77. The number of hydrogen-bond donors (Lipinski definition) is 0. The molecule has 0 aromatic heterocycles. The molecule has 0 saturated carbocycles. The Labute approximate surface area is 146 Å². The molecule has 0 N–H and O–H groups in total. The minimum atomic E-state index is -0.985. The highest BCUT2D eigenvalue weighted by Crippen LogP contribution is 2.15. The van der Waals surface area contributed by atoms with Crippen LogP contribution in [-0.2, 0) is 6.42 Å². The smallest absolute Gasteiger partial charge is 0.254 e. The summed E-state index contributed by atoms with van der Waals surface area (Å²) in [5, 5.41) is 0. The van der Waals surface area contributed by atoms with Crippen molar-refractivity contribution in [3.8, 4) is 0 Å². The lowest BCUT2D eigenvalue weighted by atomic mass is 10.1. The van der Waals surface area contributed by atoms with Crippen LogP contribution in [0.1, 0.15) is 22.8 Å². The first-order valence-electron chi connectivity index (χ1n) is 8.57. The van der Waals surface area contributed by atoms with E-state index in [0.29, 0.717) is 19.1 Å². The molecule has 0 radical (unpaired) electrons. The molecule has 25 heavy (non-hydrogen) atoms. The molecule has 3 rings (SSSR count). The molecule has 0 bridgehead atoms. The molecule has 1 heterocycles. The van der Waals surface area contributed by atoms with E-state index in [9.17, 15) is 13.6 Å². The number of carbonyl (C=O) groups excluding carboxylic acids is 1. The molecule has 1 amide bonds. The first kappa shape index (κ1) is 17.5. The van der Waals surface area contributed by atoms with Crippen LogP contribution in [0.4, 0.5) is 8.78 Å². The topological polar surface area (TPSA) is 23.6 Å². The van der Waals surface area contributed by atoms with Gasteiger partial charge in [-0.2, -0.15) is 0 Å². The van der Waals surface area contributed by atoms with Crippen molar-refractivity contribution < 1.29 is 13.6 Å². The Kier molecular flexibility index (Phi) is 5.43. The molecule has 2 aromatic carbocycles. The summed E-state index contributed by atoms with van der Waals surface area (Å²) in [6, 6.07) is 14.0. The van der Waals surface area contributed by atoms with Gasteiger partial charge in [-0.3, -0.25) is 9.69 Å². The molecular weight excluding hydrogens is 322 g/mol. The zero-order valence-corrected chi connectivity index (χ0v) is 14.3. The van der Waals surface area contributed by atoms with Gasteiger partial charge < -0.3 is 4.90 Å². The molecule has 1 saturated heterocycles. The third-order valence-electron chi connectivity index (χ3n) is 4.77. The summed E-state index contributed by atoms with van der Waals surface area (Å²) in [7, 11) is 0. The van der Waals surface area contributed by atoms with Gasteiger partial charge in [-0.1, -0.05) is 30.3 Å². The van der Waals surface area contributed by atoms with Crippen LogP contribution in [0.3, 0.4) is 0 Å². The Morgan fingerprint density at radius 2 is 1.68 bits per heavy atom. The molecule has 0 aliphatic carbocycles. The van der Waals surface area contributed by atoms with E-state index in [1.165, 1.54) is 11.6 Å². The highest BCUT2D eigenvalue weighted by molar-refractivity contribution is 5.94. The largest absolute Gasteiger partial charge is 0.336 e. The highest BCUT2D eigenvalue weighted by Gasteiger charge is 2.25. The molecule has 132 valence electrons. The van der Waals surface area contributed by atoms with Gasteiger partial charge in [0.05, 0.1) is 0 Å². The van der Waals surface area contributed by atoms with Crippen molar-refractivity contribution in [3.05, 3.63) is 71.3 Å². The maximum Gasteiger partial charge on any atom is 0.254 e. The lowest BCUT2D eigenvalue weighted by molar-refractivity contribution is 0.0582. The molecular formula is C20H22F2N2O. The number of benzene rings is 2. The second kappa shape index (κ2) is 7.74. The number of amides is 1. The fourth-order valence-electron chi connectivity index (χ4n) is 3.26. The van der Waals surface area contributed by atoms with Gasteiger partial charge in [-0.25, -0.2) is 8.78 Å². The Balaban J connectivity index is 1.56. The second-order valence-corrected chi connectivity index (χ2v) is 6.50. The van der Waals surface area contributed by atoms with Gasteiger partial charge in [0, 0.05) is 37.8 Å². The molecule has 1 aliphatic heterocycles. The summed E-state index contributed by atoms with van der Waals surface area (Å²) in [6.07, 6.45) is 0.970. The van der Waals surface area contributed by atoms with Crippen LogP contribution in [0.2, 0.25) is 0 Å². The van der Waals surface area contributed by atoms with E-state index in [2.05, 4.69) is 24.0 Å². The highest BCUT2D eigenvalue weighted by atomic mass is 19.2. The number of nitrogens with zero attached hydrogens (tertiary/aromatic N) is 2. The van der Waals surface area contributed by atoms with Crippen molar-refractivity contribution in [1.82, 2.24) is 9.80 Å². The zero-order chi connectivity index (χ0) is 17.8. The maximum absolute atomic E-state index is 13.3. The summed E-state index contributed by atoms with van der Waals surface area (Å²) in [5.41, 5.74) is 1.50. The molecule has 3 nitrogen and oxygen atoms in total. The van der Waals surface area contributed by atoms with E-state index >= 15 is 0 Å². The Morgan fingerprint density at radius 1 is 1.00 bits per heavy atom. The van der Waals surface area contributed by atoms with Crippen LogP contribution in [0.15, 0.2) is 48.5 Å². The standard InChI is InChI=1S/C20H22F2N2O/c1-15(13-16-5-3-2-4-6-16)23-9-11-24(12-10-23)20(25)17-7-8-18(21)19(22)14-17/h2-8,14-15H,9-13H2,1H3. The monoisotopic (exact) mass is 344 g/mol.